The van der Waals surface area contributed by atoms with Crippen LogP contribution in [0.15, 0.2) is 152 Å². The van der Waals surface area contributed by atoms with Gasteiger partial charge in [0.1, 0.15) is 0 Å². The SMILES string of the molecule is CC1C=CC(c2cccc(-c3cc(-c4ccccc4)nc(-c4ccc(-n5c6ccccc6c6ccccc65)cc4)n3)c2)=CC1. The van der Waals surface area contributed by atoms with Crippen molar-refractivity contribution in [2.24, 2.45) is 5.92 Å². The molecule has 8 rings (SSSR count). The first-order valence-electron chi connectivity index (χ1n) is 15.2. The Balaban J connectivity index is 1.23. The minimum absolute atomic E-state index is 0.584. The summed E-state index contributed by atoms with van der Waals surface area (Å²) in [6.45, 7) is 2.25. The van der Waals surface area contributed by atoms with E-state index in [0.29, 0.717) is 11.7 Å². The summed E-state index contributed by atoms with van der Waals surface area (Å²) in [4.78, 5) is 10.2. The monoisotopic (exact) mass is 565 g/mol. The molecule has 7 aromatic rings. The van der Waals surface area contributed by atoms with E-state index in [1.165, 1.54) is 32.9 Å². The van der Waals surface area contributed by atoms with Crippen LogP contribution >= 0.6 is 0 Å². The Labute approximate surface area is 257 Å². The minimum Gasteiger partial charge on any atom is -0.309 e. The molecule has 0 saturated carbocycles. The van der Waals surface area contributed by atoms with Crippen LogP contribution in [0.2, 0.25) is 0 Å². The van der Waals surface area contributed by atoms with Crippen molar-refractivity contribution < 1.29 is 0 Å². The van der Waals surface area contributed by atoms with Gasteiger partial charge in [0.15, 0.2) is 5.82 Å². The van der Waals surface area contributed by atoms with Crippen LogP contribution in [-0.4, -0.2) is 14.5 Å². The van der Waals surface area contributed by atoms with Gasteiger partial charge in [0.2, 0.25) is 0 Å². The summed E-state index contributed by atoms with van der Waals surface area (Å²) in [6, 6.07) is 47.0. The van der Waals surface area contributed by atoms with E-state index in [0.717, 1.165) is 40.2 Å². The predicted octanol–water partition coefficient (Wildman–Crippen LogP) is 10.6. The first kappa shape index (κ1) is 26.1. The van der Waals surface area contributed by atoms with E-state index in [2.05, 4.69) is 157 Å². The quantitative estimate of drug-likeness (QED) is 0.208. The Morgan fingerprint density at radius 3 is 1.86 bits per heavy atom. The second-order valence-corrected chi connectivity index (χ2v) is 11.6. The molecule has 0 saturated heterocycles. The predicted molar refractivity (Wildman–Crippen MR) is 184 cm³/mol. The summed E-state index contributed by atoms with van der Waals surface area (Å²) in [5.74, 6) is 1.30. The van der Waals surface area contributed by atoms with Crippen LogP contribution in [0.25, 0.3) is 67.0 Å². The van der Waals surface area contributed by atoms with Gasteiger partial charge in [0, 0.05) is 33.2 Å². The number of allylic oxidation sites excluding steroid dienone is 4. The van der Waals surface area contributed by atoms with Crippen LogP contribution in [0, 0.1) is 5.92 Å². The maximum Gasteiger partial charge on any atom is 0.160 e. The molecular weight excluding hydrogens is 534 g/mol. The highest BCUT2D eigenvalue weighted by Crippen LogP contribution is 2.34. The molecule has 1 aliphatic rings. The molecule has 44 heavy (non-hydrogen) atoms. The number of aromatic nitrogens is 3. The molecule has 0 fully saturated rings. The van der Waals surface area contributed by atoms with Crippen molar-refractivity contribution >= 4 is 27.4 Å². The standard InChI is InChI=1S/C41H31N3/c1-28-18-20-29(21-19-28)32-12-9-13-33(26-32)38-27-37(30-10-3-2-4-11-30)42-41(43-38)31-22-24-34(25-23-31)44-39-16-7-5-14-35(39)36-15-6-8-17-40(36)44/h2-18,20-28H,19H2,1H3. The highest BCUT2D eigenvalue weighted by molar-refractivity contribution is 6.09. The first-order valence-corrected chi connectivity index (χ1v) is 15.2. The van der Waals surface area contributed by atoms with Gasteiger partial charge in [-0.3, -0.25) is 0 Å². The maximum absolute atomic E-state index is 5.13. The minimum atomic E-state index is 0.584. The molecule has 3 nitrogen and oxygen atoms in total. The summed E-state index contributed by atoms with van der Waals surface area (Å²) >= 11 is 0. The number of benzene rings is 5. The van der Waals surface area contributed by atoms with Crippen LogP contribution in [0.3, 0.4) is 0 Å². The molecule has 1 unspecified atom stereocenters. The van der Waals surface area contributed by atoms with E-state index in [-0.39, 0.29) is 0 Å². The third kappa shape index (κ3) is 4.73. The van der Waals surface area contributed by atoms with Gasteiger partial charge in [0.25, 0.3) is 0 Å². The van der Waals surface area contributed by atoms with Crippen LogP contribution in [0.5, 0.6) is 0 Å². The number of para-hydroxylation sites is 2. The van der Waals surface area contributed by atoms with Crippen molar-refractivity contribution in [1.82, 2.24) is 14.5 Å². The number of hydrogen-bond acceptors (Lipinski definition) is 2. The molecule has 0 amide bonds. The zero-order valence-corrected chi connectivity index (χ0v) is 24.6. The fourth-order valence-corrected chi connectivity index (χ4v) is 6.24. The lowest BCUT2D eigenvalue weighted by Gasteiger charge is -2.14. The molecule has 0 aliphatic heterocycles. The van der Waals surface area contributed by atoms with Gasteiger partial charge in [-0.2, -0.15) is 0 Å². The van der Waals surface area contributed by atoms with Crippen LogP contribution in [0.4, 0.5) is 0 Å². The number of hydrogen-bond donors (Lipinski definition) is 0. The lowest BCUT2D eigenvalue weighted by molar-refractivity contribution is 0.739. The summed E-state index contributed by atoms with van der Waals surface area (Å²) in [7, 11) is 0. The van der Waals surface area contributed by atoms with Crippen molar-refractivity contribution in [3.63, 3.8) is 0 Å². The van der Waals surface area contributed by atoms with E-state index in [4.69, 9.17) is 9.97 Å². The normalized spacial score (nSPS) is 14.7. The molecule has 2 heterocycles. The van der Waals surface area contributed by atoms with E-state index in [1.807, 2.05) is 6.07 Å². The molecule has 1 atom stereocenters. The van der Waals surface area contributed by atoms with Gasteiger partial charge in [-0.1, -0.05) is 110 Å². The van der Waals surface area contributed by atoms with Gasteiger partial charge in [0.05, 0.1) is 22.4 Å². The third-order valence-corrected chi connectivity index (χ3v) is 8.57. The van der Waals surface area contributed by atoms with Crippen LogP contribution in [0.1, 0.15) is 18.9 Å². The smallest absolute Gasteiger partial charge is 0.160 e. The van der Waals surface area contributed by atoms with Crippen molar-refractivity contribution in [3.05, 3.63) is 157 Å². The fourth-order valence-electron chi connectivity index (χ4n) is 6.24. The summed E-state index contributed by atoms with van der Waals surface area (Å²) in [5.41, 5.74) is 10.9. The molecule has 2 aromatic heterocycles. The molecule has 210 valence electrons. The Morgan fingerprint density at radius 1 is 0.568 bits per heavy atom. The topological polar surface area (TPSA) is 30.7 Å². The fraction of sp³-hybridized carbons (Fsp3) is 0.0732. The Kier molecular flexibility index (Phi) is 6.49. The zero-order chi connectivity index (χ0) is 29.5. The number of rotatable bonds is 5. The molecular formula is C41H31N3. The Hall–Kier alpha value is -5.54. The maximum atomic E-state index is 5.13. The lowest BCUT2D eigenvalue weighted by atomic mass is 9.93. The molecule has 0 spiro atoms. The van der Waals surface area contributed by atoms with E-state index >= 15 is 0 Å². The first-order chi connectivity index (χ1) is 21.7. The molecule has 5 aromatic carbocycles. The highest BCUT2D eigenvalue weighted by atomic mass is 15.0. The van der Waals surface area contributed by atoms with Gasteiger partial charge in [-0.15, -0.1) is 0 Å². The largest absolute Gasteiger partial charge is 0.309 e. The van der Waals surface area contributed by atoms with E-state index in [9.17, 15) is 0 Å². The number of fused-ring (bicyclic) bond motifs is 3. The molecule has 0 bridgehead atoms. The van der Waals surface area contributed by atoms with Crippen molar-refractivity contribution in [3.8, 4) is 39.6 Å². The Bertz CT molecular complexity index is 2150. The summed E-state index contributed by atoms with van der Waals surface area (Å²) < 4.78 is 2.34. The summed E-state index contributed by atoms with van der Waals surface area (Å²) in [5, 5.41) is 2.51. The van der Waals surface area contributed by atoms with Crippen molar-refractivity contribution in [1.29, 1.82) is 0 Å². The van der Waals surface area contributed by atoms with Gasteiger partial charge < -0.3 is 4.57 Å². The molecule has 1 aliphatic carbocycles. The third-order valence-electron chi connectivity index (χ3n) is 8.57. The summed E-state index contributed by atoms with van der Waals surface area (Å²) in [6.07, 6.45) is 7.94. The molecule has 0 radical (unpaired) electrons. The second-order valence-electron chi connectivity index (χ2n) is 11.6. The zero-order valence-electron chi connectivity index (χ0n) is 24.6. The van der Waals surface area contributed by atoms with Crippen molar-refractivity contribution in [2.75, 3.05) is 0 Å². The van der Waals surface area contributed by atoms with Gasteiger partial charge in [-0.05, 0) is 72.0 Å². The molecule has 3 heteroatoms. The van der Waals surface area contributed by atoms with E-state index < -0.39 is 0 Å². The lowest BCUT2D eigenvalue weighted by Crippen LogP contribution is -1.98. The van der Waals surface area contributed by atoms with E-state index in [1.54, 1.807) is 0 Å². The van der Waals surface area contributed by atoms with Crippen molar-refractivity contribution in [2.45, 2.75) is 13.3 Å². The van der Waals surface area contributed by atoms with Crippen LogP contribution < -0.4 is 0 Å². The second kappa shape index (κ2) is 10.9. The van der Waals surface area contributed by atoms with Gasteiger partial charge in [-0.25, -0.2) is 9.97 Å². The number of nitrogens with zero attached hydrogens (tertiary/aromatic N) is 3. The van der Waals surface area contributed by atoms with Crippen LogP contribution in [-0.2, 0) is 0 Å². The Morgan fingerprint density at radius 2 is 1.18 bits per heavy atom. The average Bonchev–Trinajstić information content (AvgIpc) is 3.43. The average molecular weight is 566 g/mol. The molecule has 0 N–H and O–H groups in total. The highest BCUT2D eigenvalue weighted by Gasteiger charge is 2.15. The van der Waals surface area contributed by atoms with Gasteiger partial charge >= 0.3 is 0 Å².